The summed E-state index contributed by atoms with van der Waals surface area (Å²) < 4.78 is 15.9. The molecule has 88 valence electrons. The Kier molecular flexibility index (Phi) is 9.48. The van der Waals surface area contributed by atoms with Crippen molar-refractivity contribution >= 4 is 0 Å². The molecule has 0 aromatic heterocycles. The highest BCUT2D eigenvalue weighted by Gasteiger charge is 2.08. The van der Waals surface area contributed by atoms with Crippen molar-refractivity contribution in [3.05, 3.63) is 25.3 Å². The number of hydrogen-bond donors (Lipinski definition) is 0. The lowest BCUT2D eigenvalue weighted by atomic mass is 10.2. The summed E-state index contributed by atoms with van der Waals surface area (Å²) in [4.78, 5) is 0. The van der Waals surface area contributed by atoms with Gasteiger partial charge in [0.1, 0.15) is 0 Å². The molecule has 0 aromatic carbocycles. The summed E-state index contributed by atoms with van der Waals surface area (Å²) in [5.74, 6) is 0. The van der Waals surface area contributed by atoms with E-state index in [1.165, 1.54) is 0 Å². The van der Waals surface area contributed by atoms with Gasteiger partial charge in [0.2, 0.25) is 0 Å². The van der Waals surface area contributed by atoms with Crippen LogP contribution in [-0.2, 0) is 14.2 Å². The Hall–Kier alpha value is -0.640. The summed E-state index contributed by atoms with van der Waals surface area (Å²) >= 11 is 0. The van der Waals surface area contributed by atoms with Gasteiger partial charge < -0.3 is 14.2 Å². The van der Waals surface area contributed by atoms with Crippen LogP contribution in [0.15, 0.2) is 25.3 Å². The van der Waals surface area contributed by atoms with E-state index in [9.17, 15) is 0 Å². The second kappa shape index (κ2) is 9.90. The van der Waals surface area contributed by atoms with Gasteiger partial charge in [-0.2, -0.15) is 0 Å². The standard InChI is InChI=1S/C12H22O3/c1-5-7-11(13-3)9-15-10-12(14-4)8-6-2/h5-6,11-12H,1-2,7-10H2,3-4H3. The molecule has 0 saturated heterocycles. The van der Waals surface area contributed by atoms with Gasteiger partial charge in [0.15, 0.2) is 0 Å². The van der Waals surface area contributed by atoms with Gasteiger partial charge in [-0.05, 0) is 12.8 Å². The molecule has 0 saturated carbocycles. The molecule has 0 amide bonds. The van der Waals surface area contributed by atoms with Crippen LogP contribution in [0.2, 0.25) is 0 Å². The summed E-state index contributed by atoms with van der Waals surface area (Å²) in [5, 5.41) is 0. The minimum Gasteiger partial charge on any atom is -0.379 e. The molecule has 0 radical (unpaired) electrons. The SMILES string of the molecule is C=CCC(COCC(CC=C)OC)OC. The van der Waals surface area contributed by atoms with Crippen molar-refractivity contribution in [3.8, 4) is 0 Å². The predicted octanol–water partition coefficient (Wildman–Crippen LogP) is 2.19. The predicted molar refractivity (Wildman–Crippen MR) is 62.0 cm³/mol. The maximum Gasteiger partial charge on any atom is 0.0838 e. The van der Waals surface area contributed by atoms with Gasteiger partial charge in [-0.3, -0.25) is 0 Å². The van der Waals surface area contributed by atoms with Crippen molar-refractivity contribution in [3.63, 3.8) is 0 Å². The van der Waals surface area contributed by atoms with E-state index in [2.05, 4.69) is 13.2 Å². The van der Waals surface area contributed by atoms with Crippen LogP contribution < -0.4 is 0 Å². The zero-order chi connectivity index (χ0) is 11.5. The molecule has 3 nitrogen and oxygen atoms in total. The highest BCUT2D eigenvalue weighted by molar-refractivity contribution is 4.75. The number of rotatable bonds is 10. The van der Waals surface area contributed by atoms with Crippen molar-refractivity contribution in [1.82, 2.24) is 0 Å². The second-order valence-electron chi connectivity index (χ2n) is 3.30. The maximum absolute atomic E-state index is 5.50. The van der Waals surface area contributed by atoms with E-state index in [0.717, 1.165) is 12.8 Å². The first-order chi connectivity index (χ1) is 7.28. The van der Waals surface area contributed by atoms with Crippen LogP contribution in [0.5, 0.6) is 0 Å². The van der Waals surface area contributed by atoms with E-state index < -0.39 is 0 Å². The van der Waals surface area contributed by atoms with Gasteiger partial charge >= 0.3 is 0 Å². The van der Waals surface area contributed by atoms with Crippen LogP contribution in [0.1, 0.15) is 12.8 Å². The van der Waals surface area contributed by atoms with Gasteiger partial charge in [0.05, 0.1) is 25.4 Å². The highest BCUT2D eigenvalue weighted by Crippen LogP contribution is 2.02. The van der Waals surface area contributed by atoms with Crippen LogP contribution in [0, 0.1) is 0 Å². The Morgan fingerprint density at radius 3 is 1.60 bits per heavy atom. The summed E-state index contributed by atoms with van der Waals surface area (Å²) in [6, 6.07) is 0. The fraction of sp³-hybridized carbons (Fsp3) is 0.667. The fourth-order valence-corrected chi connectivity index (χ4v) is 1.17. The molecule has 0 spiro atoms. The van der Waals surface area contributed by atoms with E-state index in [1.54, 1.807) is 14.2 Å². The largest absolute Gasteiger partial charge is 0.379 e. The number of methoxy groups -OCH3 is 2. The third kappa shape index (κ3) is 7.31. The van der Waals surface area contributed by atoms with Crippen molar-refractivity contribution < 1.29 is 14.2 Å². The molecule has 15 heavy (non-hydrogen) atoms. The Balaban J connectivity index is 3.63. The van der Waals surface area contributed by atoms with Crippen molar-refractivity contribution in [2.45, 2.75) is 25.0 Å². The van der Waals surface area contributed by atoms with Crippen molar-refractivity contribution in [1.29, 1.82) is 0 Å². The average molecular weight is 214 g/mol. The molecule has 2 atom stereocenters. The Morgan fingerprint density at radius 1 is 0.933 bits per heavy atom. The first kappa shape index (κ1) is 14.4. The van der Waals surface area contributed by atoms with Crippen LogP contribution in [-0.4, -0.2) is 39.6 Å². The van der Waals surface area contributed by atoms with E-state index in [-0.39, 0.29) is 12.2 Å². The summed E-state index contributed by atoms with van der Waals surface area (Å²) in [6.07, 6.45) is 5.43. The topological polar surface area (TPSA) is 27.7 Å². The molecular weight excluding hydrogens is 192 g/mol. The first-order valence-corrected chi connectivity index (χ1v) is 5.13. The van der Waals surface area contributed by atoms with E-state index in [4.69, 9.17) is 14.2 Å². The third-order valence-corrected chi connectivity index (χ3v) is 2.13. The molecule has 0 N–H and O–H groups in total. The van der Waals surface area contributed by atoms with Crippen LogP contribution in [0.25, 0.3) is 0 Å². The molecule has 0 heterocycles. The summed E-state index contributed by atoms with van der Waals surface area (Å²) in [5.41, 5.74) is 0. The van der Waals surface area contributed by atoms with Gasteiger partial charge in [-0.25, -0.2) is 0 Å². The van der Waals surface area contributed by atoms with Crippen molar-refractivity contribution in [2.75, 3.05) is 27.4 Å². The van der Waals surface area contributed by atoms with Gasteiger partial charge in [0, 0.05) is 14.2 Å². The number of ether oxygens (including phenoxy) is 3. The first-order valence-electron chi connectivity index (χ1n) is 5.13. The quantitative estimate of drug-likeness (QED) is 0.522. The van der Waals surface area contributed by atoms with E-state index >= 15 is 0 Å². The molecule has 0 fully saturated rings. The lowest BCUT2D eigenvalue weighted by molar-refractivity contribution is -0.0326. The lowest BCUT2D eigenvalue weighted by Crippen LogP contribution is -2.23. The molecule has 0 aliphatic rings. The smallest absolute Gasteiger partial charge is 0.0838 e. The number of hydrogen-bond acceptors (Lipinski definition) is 3. The van der Waals surface area contributed by atoms with E-state index in [0.29, 0.717) is 13.2 Å². The molecule has 0 rings (SSSR count). The lowest BCUT2D eigenvalue weighted by Gasteiger charge is -2.17. The van der Waals surface area contributed by atoms with Gasteiger partial charge in [-0.1, -0.05) is 12.2 Å². The van der Waals surface area contributed by atoms with Crippen LogP contribution in [0.4, 0.5) is 0 Å². The molecule has 2 unspecified atom stereocenters. The Morgan fingerprint density at radius 2 is 1.33 bits per heavy atom. The molecular formula is C12H22O3. The average Bonchev–Trinajstić information content (AvgIpc) is 2.26. The molecule has 0 aromatic rings. The monoisotopic (exact) mass is 214 g/mol. The molecule has 0 bridgehead atoms. The van der Waals surface area contributed by atoms with Crippen LogP contribution in [0.3, 0.4) is 0 Å². The normalized spacial score (nSPS) is 14.5. The van der Waals surface area contributed by atoms with Gasteiger partial charge in [0.25, 0.3) is 0 Å². The van der Waals surface area contributed by atoms with Gasteiger partial charge in [-0.15, -0.1) is 13.2 Å². The fourth-order valence-electron chi connectivity index (χ4n) is 1.17. The van der Waals surface area contributed by atoms with Crippen LogP contribution >= 0.6 is 0 Å². The summed E-state index contributed by atoms with van der Waals surface area (Å²) in [7, 11) is 3.35. The minimum atomic E-state index is 0.0868. The zero-order valence-corrected chi connectivity index (χ0v) is 9.78. The third-order valence-electron chi connectivity index (χ3n) is 2.13. The summed E-state index contributed by atoms with van der Waals surface area (Å²) in [6.45, 7) is 8.47. The Bertz CT molecular complexity index is 150. The molecule has 0 aliphatic heterocycles. The van der Waals surface area contributed by atoms with Crippen molar-refractivity contribution in [2.24, 2.45) is 0 Å². The Labute approximate surface area is 92.7 Å². The minimum absolute atomic E-state index is 0.0868. The molecule has 3 heteroatoms. The molecule has 0 aliphatic carbocycles. The van der Waals surface area contributed by atoms with E-state index in [1.807, 2.05) is 12.2 Å². The zero-order valence-electron chi connectivity index (χ0n) is 9.78. The second-order valence-corrected chi connectivity index (χ2v) is 3.30. The maximum atomic E-state index is 5.50. The highest BCUT2D eigenvalue weighted by atomic mass is 16.5.